The Morgan fingerprint density at radius 1 is 0.923 bits per heavy atom. The second kappa shape index (κ2) is 6.37. The number of β-amino-alcohol motifs (C(OH)–C–C–N with tert-alkyl or cyclic N) is 1. The van der Waals surface area contributed by atoms with Gasteiger partial charge >= 0.3 is 0 Å². The third-order valence-electron chi connectivity index (χ3n) is 5.31. The fraction of sp³-hybridized carbons (Fsp3) is 0.400. The van der Waals surface area contributed by atoms with Crippen molar-refractivity contribution in [3.63, 3.8) is 0 Å². The standard InChI is InChI=1S/C20H23NO5/c1-23-15-6-10-5-13-18-12(14(22)9-21-13)8-17(25-3)20(26-4)19(18)11(10)7-16(15)24-2/h6-8,13-14,21-22H,5,9H2,1-4H3/t13-,14+/m0/s1. The SMILES string of the molecule is COc1cc2c(cc1OC)-c1c(OC)c(OC)cc3c1[C@H](C2)NC[C@H]3O. The quantitative estimate of drug-likeness (QED) is 0.877. The summed E-state index contributed by atoms with van der Waals surface area (Å²) in [7, 11) is 6.51. The van der Waals surface area contributed by atoms with Crippen molar-refractivity contribution >= 4 is 0 Å². The molecule has 0 saturated heterocycles. The Balaban J connectivity index is 2.07. The average Bonchev–Trinajstić information content (AvgIpc) is 2.68. The van der Waals surface area contributed by atoms with Gasteiger partial charge in [-0.25, -0.2) is 0 Å². The van der Waals surface area contributed by atoms with E-state index < -0.39 is 6.10 Å². The molecule has 1 aliphatic heterocycles. The Labute approximate surface area is 152 Å². The largest absolute Gasteiger partial charge is 0.493 e. The summed E-state index contributed by atoms with van der Waals surface area (Å²) in [6.45, 7) is 0.509. The van der Waals surface area contributed by atoms with Crippen LogP contribution >= 0.6 is 0 Å². The molecule has 2 aromatic rings. The minimum Gasteiger partial charge on any atom is -0.493 e. The highest BCUT2D eigenvalue weighted by Gasteiger charge is 2.37. The van der Waals surface area contributed by atoms with Crippen molar-refractivity contribution < 1.29 is 24.1 Å². The number of aliphatic hydroxyl groups is 1. The fourth-order valence-corrected chi connectivity index (χ4v) is 4.13. The molecule has 0 saturated carbocycles. The van der Waals surface area contributed by atoms with Gasteiger partial charge in [0.1, 0.15) is 0 Å². The highest BCUT2D eigenvalue weighted by Crippen LogP contribution is 2.53. The van der Waals surface area contributed by atoms with Crippen LogP contribution in [0.1, 0.15) is 28.8 Å². The predicted molar refractivity (Wildman–Crippen MR) is 97.5 cm³/mol. The van der Waals surface area contributed by atoms with Crippen molar-refractivity contribution in [2.75, 3.05) is 35.0 Å². The van der Waals surface area contributed by atoms with Crippen LogP contribution in [0.4, 0.5) is 0 Å². The molecule has 0 bridgehead atoms. The topological polar surface area (TPSA) is 69.2 Å². The molecule has 2 aliphatic rings. The van der Waals surface area contributed by atoms with Crippen molar-refractivity contribution in [2.24, 2.45) is 0 Å². The molecule has 0 amide bonds. The van der Waals surface area contributed by atoms with Gasteiger partial charge in [0.2, 0.25) is 0 Å². The zero-order valence-corrected chi connectivity index (χ0v) is 15.4. The molecule has 0 radical (unpaired) electrons. The van der Waals surface area contributed by atoms with E-state index in [1.54, 1.807) is 28.4 Å². The van der Waals surface area contributed by atoms with Crippen molar-refractivity contribution in [3.8, 4) is 34.1 Å². The molecule has 26 heavy (non-hydrogen) atoms. The van der Waals surface area contributed by atoms with Gasteiger partial charge < -0.3 is 29.4 Å². The molecule has 1 aliphatic carbocycles. The van der Waals surface area contributed by atoms with Crippen LogP contribution < -0.4 is 24.3 Å². The normalized spacial score (nSPS) is 20.0. The first-order valence-corrected chi connectivity index (χ1v) is 8.58. The summed E-state index contributed by atoms with van der Waals surface area (Å²) in [4.78, 5) is 0. The first-order valence-electron chi connectivity index (χ1n) is 8.58. The number of rotatable bonds is 4. The van der Waals surface area contributed by atoms with Gasteiger partial charge in [0.05, 0.1) is 34.5 Å². The molecule has 4 rings (SSSR count). The van der Waals surface area contributed by atoms with Crippen LogP contribution in [0.2, 0.25) is 0 Å². The van der Waals surface area contributed by atoms with Crippen LogP contribution in [0.5, 0.6) is 23.0 Å². The molecule has 2 N–H and O–H groups in total. The lowest BCUT2D eigenvalue weighted by atomic mass is 9.76. The third-order valence-corrected chi connectivity index (χ3v) is 5.31. The number of fused-ring (bicyclic) bond motifs is 2. The maximum atomic E-state index is 10.5. The van der Waals surface area contributed by atoms with Crippen LogP contribution in [-0.4, -0.2) is 40.1 Å². The van der Waals surface area contributed by atoms with E-state index in [4.69, 9.17) is 18.9 Å². The summed E-state index contributed by atoms with van der Waals surface area (Å²) in [6, 6.07) is 5.99. The Kier molecular flexibility index (Phi) is 4.17. The maximum Gasteiger partial charge on any atom is 0.168 e. The minimum atomic E-state index is -0.582. The Hall–Kier alpha value is -2.44. The van der Waals surface area contributed by atoms with Gasteiger partial charge in [-0.05, 0) is 46.9 Å². The van der Waals surface area contributed by atoms with E-state index in [0.29, 0.717) is 29.5 Å². The number of nitrogens with one attached hydrogen (secondary N) is 1. The lowest BCUT2D eigenvalue weighted by Crippen LogP contribution is -2.36. The van der Waals surface area contributed by atoms with Crippen LogP contribution in [0.3, 0.4) is 0 Å². The van der Waals surface area contributed by atoms with Gasteiger partial charge in [0, 0.05) is 18.2 Å². The smallest absolute Gasteiger partial charge is 0.168 e. The van der Waals surface area contributed by atoms with Gasteiger partial charge in [0.15, 0.2) is 23.0 Å². The van der Waals surface area contributed by atoms with Crippen molar-refractivity contribution in [2.45, 2.75) is 18.6 Å². The Morgan fingerprint density at radius 3 is 2.27 bits per heavy atom. The van der Waals surface area contributed by atoms with E-state index in [-0.39, 0.29) is 6.04 Å². The van der Waals surface area contributed by atoms with Crippen LogP contribution in [0.15, 0.2) is 18.2 Å². The number of hydrogen-bond acceptors (Lipinski definition) is 6. The Morgan fingerprint density at radius 2 is 1.62 bits per heavy atom. The van der Waals surface area contributed by atoms with E-state index in [1.165, 1.54) is 0 Å². The summed E-state index contributed by atoms with van der Waals surface area (Å²) < 4.78 is 22.3. The first kappa shape index (κ1) is 17.0. The second-order valence-electron chi connectivity index (χ2n) is 6.54. The summed E-state index contributed by atoms with van der Waals surface area (Å²) in [5, 5.41) is 14.0. The third kappa shape index (κ3) is 2.33. The van der Waals surface area contributed by atoms with E-state index in [9.17, 15) is 5.11 Å². The molecule has 0 aromatic heterocycles. The van der Waals surface area contributed by atoms with Gasteiger partial charge in [-0.15, -0.1) is 0 Å². The summed E-state index contributed by atoms with van der Waals surface area (Å²) >= 11 is 0. The molecule has 6 nitrogen and oxygen atoms in total. The van der Waals surface area contributed by atoms with Crippen molar-refractivity contribution in [1.82, 2.24) is 5.32 Å². The number of methoxy groups -OCH3 is 4. The molecular formula is C20H23NO5. The van der Waals surface area contributed by atoms with Gasteiger partial charge in [-0.1, -0.05) is 0 Å². The molecule has 0 fully saturated rings. The molecule has 0 unspecified atom stereocenters. The zero-order chi connectivity index (χ0) is 18.4. The van der Waals surface area contributed by atoms with E-state index >= 15 is 0 Å². The van der Waals surface area contributed by atoms with Crippen LogP contribution in [0, 0.1) is 0 Å². The van der Waals surface area contributed by atoms with Gasteiger partial charge in [-0.2, -0.15) is 0 Å². The summed E-state index contributed by atoms with van der Waals surface area (Å²) in [5.41, 5.74) is 5.06. The van der Waals surface area contributed by atoms with Gasteiger partial charge in [0.25, 0.3) is 0 Å². The summed E-state index contributed by atoms with van der Waals surface area (Å²) in [6.07, 6.45) is 0.222. The van der Waals surface area contributed by atoms with Crippen molar-refractivity contribution in [1.29, 1.82) is 0 Å². The molecule has 1 heterocycles. The molecule has 0 spiro atoms. The summed E-state index contributed by atoms with van der Waals surface area (Å²) in [5.74, 6) is 2.64. The van der Waals surface area contributed by atoms with E-state index in [1.807, 2.05) is 18.2 Å². The lowest BCUT2D eigenvalue weighted by Gasteiger charge is -2.37. The first-order chi connectivity index (χ1) is 12.6. The van der Waals surface area contributed by atoms with Crippen LogP contribution in [-0.2, 0) is 6.42 Å². The maximum absolute atomic E-state index is 10.5. The average molecular weight is 357 g/mol. The molecular weight excluding hydrogens is 334 g/mol. The van der Waals surface area contributed by atoms with E-state index in [2.05, 4.69) is 5.32 Å². The monoisotopic (exact) mass is 357 g/mol. The zero-order valence-electron chi connectivity index (χ0n) is 15.4. The van der Waals surface area contributed by atoms with Gasteiger partial charge in [-0.3, -0.25) is 0 Å². The second-order valence-corrected chi connectivity index (χ2v) is 6.54. The number of aliphatic hydroxyl groups excluding tert-OH is 1. The molecule has 2 aromatic carbocycles. The minimum absolute atomic E-state index is 0.105. The number of hydrogen-bond donors (Lipinski definition) is 2. The number of ether oxygens (including phenoxy) is 4. The highest BCUT2D eigenvalue weighted by molar-refractivity contribution is 5.85. The highest BCUT2D eigenvalue weighted by atomic mass is 16.5. The number of benzene rings is 2. The molecule has 6 heteroatoms. The van der Waals surface area contributed by atoms with E-state index in [0.717, 1.165) is 34.2 Å². The van der Waals surface area contributed by atoms with Crippen molar-refractivity contribution in [3.05, 3.63) is 34.9 Å². The predicted octanol–water partition coefficient (Wildman–Crippen LogP) is 2.62. The molecule has 2 atom stereocenters. The molecule has 138 valence electrons. The Bertz CT molecular complexity index is 864. The fourth-order valence-electron chi connectivity index (χ4n) is 4.13. The lowest BCUT2D eigenvalue weighted by molar-refractivity contribution is 0.156. The van der Waals surface area contributed by atoms with Crippen LogP contribution in [0.25, 0.3) is 11.1 Å².